The maximum absolute atomic E-state index is 12.0. The number of nitrogens with zero attached hydrogens (tertiary/aromatic N) is 2. The van der Waals surface area contributed by atoms with Crippen molar-refractivity contribution in [3.8, 4) is 0 Å². The van der Waals surface area contributed by atoms with Crippen LogP contribution < -0.4 is 5.32 Å². The second kappa shape index (κ2) is 5.33. The zero-order valence-corrected chi connectivity index (χ0v) is 11.0. The maximum atomic E-state index is 12.0. The second-order valence-corrected chi connectivity index (χ2v) is 4.32. The molecule has 2 aromatic rings. The average molecular weight is 282 g/mol. The molecule has 2 rings (SSSR count). The van der Waals surface area contributed by atoms with Crippen molar-refractivity contribution in [2.75, 3.05) is 5.32 Å². The molecule has 18 heavy (non-hydrogen) atoms. The van der Waals surface area contributed by atoms with E-state index in [1.165, 1.54) is 6.20 Å². The van der Waals surface area contributed by atoms with E-state index in [0.29, 0.717) is 16.4 Å². The average Bonchev–Trinajstić information content (AvgIpc) is 2.32. The number of rotatable bonds is 2. The third-order valence-corrected chi connectivity index (χ3v) is 2.99. The molecule has 0 saturated heterocycles. The van der Waals surface area contributed by atoms with Crippen molar-refractivity contribution in [3.63, 3.8) is 0 Å². The van der Waals surface area contributed by atoms with E-state index in [1.54, 1.807) is 18.2 Å². The number of carbonyl (C=O) groups is 1. The Labute approximate surface area is 114 Å². The summed E-state index contributed by atoms with van der Waals surface area (Å²) in [4.78, 5) is 19.6. The molecule has 0 atom stereocenters. The fraction of sp³-hybridized carbons (Fsp3) is 0.0833. The van der Waals surface area contributed by atoms with Gasteiger partial charge >= 0.3 is 0 Å². The minimum atomic E-state index is -0.335. The van der Waals surface area contributed by atoms with Gasteiger partial charge in [-0.25, -0.2) is 9.97 Å². The minimum absolute atomic E-state index is 0.0724. The number of halogens is 2. The highest BCUT2D eigenvalue weighted by Crippen LogP contribution is 2.21. The largest absolute Gasteiger partial charge is 0.306 e. The van der Waals surface area contributed by atoms with Crippen LogP contribution in [0.15, 0.2) is 30.5 Å². The molecule has 0 unspecified atom stereocenters. The van der Waals surface area contributed by atoms with Crippen LogP contribution in [0.1, 0.15) is 15.9 Å². The molecular weight excluding hydrogens is 273 g/mol. The Kier molecular flexibility index (Phi) is 3.79. The van der Waals surface area contributed by atoms with Crippen LogP contribution >= 0.6 is 23.2 Å². The molecule has 92 valence electrons. The zero-order chi connectivity index (χ0) is 13.1. The summed E-state index contributed by atoms with van der Waals surface area (Å²) < 4.78 is 0. The van der Waals surface area contributed by atoms with Gasteiger partial charge in [0.05, 0.1) is 10.6 Å². The normalized spacial score (nSPS) is 10.2. The van der Waals surface area contributed by atoms with Gasteiger partial charge in [-0.05, 0) is 36.2 Å². The van der Waals surface area contributed by atoms with Gasteiger partial charge in [0.15, 0.2) is 0 Å². The molecule has 0 saturated carbocycles. The smallest absolute Gasteiger partial charge is 0.258 e. The minimum Gasteiger partial charge on any atom is -0.306 e. The summed E-state index contributed by atoms with van der Waals surface area (Å²) in [5.41, 5.74) is 1.23. The first-order valence-corrected chi connectivity index (χ1v) is 5.88. The maximum Gasteiger partial charge on any atom is 0.258 e. The highest BCUT2D eigenvalue weighted by Gasteiger charge is 2.12. The number of aryl methyl sites for hydroxylation is 1. The number of hydrogen-bond donors (Lipinski definition) is 1. The predicted octanol–water partition coefficient (Wildman–Crippen LogP) is 3.34. The number of carbonyl (C=O) groups excluding carboxylic acids is 1. The number of hydrogen-bond acceptors (Lipinski definition) is 3. The lowest BCUT2D eigenvalue weighted by atomic mass is 10.1. The molecule has 1 amide bonds. The standard InChI is InChI=1S/C12H9Cl2N3O/c1-7-3-2-4-8(10(7)13)11(18)16-9-5-6-15-12(14)17-9/h2-6H,1H3,(H,15,16,17,18). The second-order valence-electron chi connectivity index (χ2n) is 3.60. The fourth-order valence-corrected chi connectivity index (χ4v) is 1.77. The molecule has 1 heterocycles. The van der Waals surface area contributed by atoms with Gasteiger partial charge in [0.25, 0.3) is 5.91 Å². The van der Waals surface area contributed by atoms with Crippen LogP contribution in [0.25, 0.3) is 0 Å². The first-order chi connectivity index (χ1) is 8.58. The van der Waals surface area contributed by atoms with Crippen LogP contribution in [0.3, 0.4) is 0 Å². The third kappa shape index (κ3) is 2.78. The van der Waals surface area contributed by atoms with Crippen LogP contribution in [0.2, 0.25) is 10.3 Å². The first kappa shape index (κ1) is 12.8. The number of nitrogens with one attached hydrogen (secondary N) is 1. The van der Waals surface area contributed by atoms with E-state index in [0.717, 1.165) is 5.56 Å². The number of benzene rings is 1. The highest BCUT2D eigenvalue weighted by atomic mass is 35.5. The molecule has 0 radical (unpaired) electrons. The summed E-state index contributed by atoms with van der Waals surface area (Å²) in [5, 5.41) is 3.11. The molecule has 0 aliphatic carbocycles. The first-order valence-electron chi connectivity index (χ1n) is 5.13. The van der Waals surface area contributed by atoms with E-state index in [1.807, 2.05) is 13.0 Å². The lowest BCUT2D eigenvalue weighted by Crippen LogP contribution is -2.14. The van der Waals surface area contributed by atoms with Gasteiger partial charge < -0.3 is 5.32 Å². The molecule has 6 heteroatoms. The SMILES string of the molecule is Cc1cccc(C(=O)Nc2ccnc(Cl)n2)c1Cl. The van der Waals surface area contributed by atoms with Gasteiger partial charge in [-0.2, -0.15) is 0 Å². The molecule has 0 aliphatic heterocycles. The van der Waals surface area contributed by atoms with Crippen LogP contribution in [0.4, 0.5) is 5.82 Å². The predicted molar refractivity (Wildman–Crippen MR) is 71.2 cm³/mol. The van der Waals surface area contributed by atoms with Crippen molar-refractivity contribution in [1.29, 1.82) is 0 Å². The molecule has 1 N–H and O–H groups in total. The Hall–Kier alpha value is -1.65. The summed E-state index contributed by atoms with van der Waals surface area (Å²) in [6.45, 7) is 1.83. The molecule has 0 fully saturated rings. The van der Waals surface area contributed by atoms with Crippen molar-refractivity contribution in [3.05, 3.63) is 51.9 Å². The van der Waals surface area contributed by atoms with Crippen LogP contribution in [-0.4, -0.2) is 15.9 Å². The van der Waals surface area contributed by atoms with E-state index in [9.17, 15) is 4.79 Å². The van der Waals surface area contributed by atoms with Gasteiger partial charge in [0, 0.05) is 6.20 Å². The van der Waals surface area contributed by atoms with Gasteiger partial charge in [-0.1, -0.05) is 23.7 Å². The van der Waals surface area contributed by atoms with Crippen LogP contribution in [-0.2, 0) is 0 Å². The lowest BCUT2D eigenvalue weighted by molar-refractivity contribution is 0.102. The lowest BCUT2D eigenvalue weighted by Gasteiger charge is -2.07. The summed E-state index contributed by atoms with van der Waals surface area (Å²) in [5.74, 6) is -0.00367. The van der Waals surface area contributed by atoms with E-state index in [4.69, 9.17) is 23.2 Å². The Morgan fingerprint density at radius 1 is 1.28 bits per heavy atom. The Morgan fingerprint density at radius 2 is 2.06 bits per heavy atom. The molecule has 0 aliphatic rings. The topological polar surface area (TPSA) is 54.9 Å². The number of aromatic nitrogens is 2. The summed E-state index contributed by atoms with van der Waals surface area (Å²) >= 11 is 11.7. The van der Waals surface area contributed by atoms with Crippen LogP contribution in [0.5, 0.6) is 0 Å². The van der Waals surface area contributed by atoms with Crippen molar-refractivity contribution >= 4 is 34.9 Å². The van der Waals surface area contributed by atoms with Gasteiger partial charge in [-0.3, -0.25) is 4.79 Å². The Morgan fingerprint density at radius 3 is 2.78 bits per heavy atom. The summed E-state index contributed by atoms with van der Waals surface area (Å²) in [6, 6.07) is 6.80. The molecule has 4 nitrogen and oxygen atoms in total. The quantitative estimate of drug-likeness (QED) is 0.859. The van der Waals surface area contributed by atoms with Crippen molar-refractivity contribution in [2.24, 2.45) is 0 Å². The van der Waals surface area contributed by atoms with Gasteiger partial charge in [0.1, 0.15) is 5.82 Å². The Bertz CT molecular complexity index is 602. The molecule has 0 spiro atoms. The molecule has 0 bridgehead atoms. The zero-order valence-electron chi connectivity index (χ0n) is 9.45. The fourth-order valence-electron chi connectivity index (χ4n) is 1.41. The monoisotopic (exact) mass is 281 g/mol. The molecule has 1 aromatic carbocycles. The highest BCUT2D eigenvalue weighted by molar-refractivity contribution is 6.35. The van der Waals surface area contributed by atoms with Gasteiger partial charge in [0.2, 0.25) is 5.28 Å². The molecule has 1 aromatic heterocycles. The van der Waals surface area contributed by atoms with E-state index in [2.05, 4.69) is 15.3 Å². The summed E-state index contributed by atoms with van der Waals surface area (Å²) in [6.07, 6.45) is 1.46. The van der Waals surface area contributed by atoms with Crippen molar-refractivity contribution < 1.29 is 4.79 Å². The number of anilines is 1. The van der Waals surface area contributed by atoms with Crippen molar-refractivity contribution in [2.45, 2.75) is 6.92 Å². The van der Waals surface area contributed by atoms with E-state index in [-0.39, 0.29) is 11.2 Å². The van der Waals surface area contributed by atoms with E-state index < -0.39 is 0 Å². The Balaban J connectivity index is 2.25. The van der Waals surface area contributed by atoms with Gasteiger partial charge in [-0.15, -0.1) is 0 Å². The van der Waals surface area contributed by atoms with Crippen LogP contribution in [0, 0.1) is 6.92 Å². The number of amides is 1. The third-order valence-electron chi connectivity index (χ3n) is 2.30. The summed E-state index contributed by atoms with van der Waals surface area (Å²) in [7, 11) is 0. The van der Waals surface area contributed by atoms with Crippen molar-refractivity contribution in [1.82, 2.24) is 9.97 Å². The van der Waals surface area contributed by atoms with E-state index >= 15 is 0 Å². The molecular formula is C12H9Cl2N3O.